The Kier molecular flexibility index (Phi) is 6.98. The highest BCUT2D eigenvalue weighted by Gasteiger charge is 2.21. The predicted octanol–water partition coefficient (Wildman–Crippen LogP) is 4.23. The van der Waals surface area contributed by atoms with Gasteiger partial charge < -0.3 is 9.84 Å². The van der Waals surface area contributed by atoms with Crippen molar-refractivity contribution in [2.75, 3.05) is 38.0 Å². The molecule has 1 aliphatic heterocycles. The zero-order valence-electron chi connectivity index (χ0n) is 19.9. The summed E-state index contributed by atoms with van der Waals surface area (Å²) >= 11 is 1.62. The van der Waals surface area contributed by atoms with Crippen LogP contribution < -0.4 is 5.32 Å². The van der Waals surface area contributed by atoms with Gasteiger partial charge in [0.25, 0.3) is 0 Å². The van der Waals surface area contributed by atoms with Gasteiger partial charge in [0.1, 0.15) is 0 Å². The molecular formula is C26H28N6O2S. The largest absolute Gasteiger partial charge is 0.338 e. The van der Waals surface area contributed by atoms with Crippen LogP contribution in [0.1, 0.15) is 16.5 Å². The monoisotopic (exact) mass is 488 g/mol. The number of aromatic nitrogens is 3. The maximum absolute atomic E-state index is 12.7. The van der Waals surface area contributed by atoms with E-state index >= 15 is 0 Å². The highest BCUT2D eigenvalue weighted by atomic mass is 32.1. The lowest BCUT2D eigenvalue weighted by molar-refractivity contribution is -0.117. The molecule has 0 bridgehead atoms. The van der Waals surface area contributed by atoms with Crippen molar-refractivity contribution in [1.82, 2.24) is 24.9 Å². The van der Waals surface area contributed by atoms with Crippen LogP contribution in [0.3, 0.4) is 0 Å². The highest BCUT2D eigenvalue weighted by Crippen LogP contribution is 2.24. The van der Waals surface area contributed by atoms with Gasteiger partial charge >= 0.3 is 0 Å². The molecule has 2 aromatic heterocycles. The van der Waals surface area contributed by atoms with Crippen LogP contribution in [0.2, 0.25) is 0 Å². The Morgan fingerprint density at radius 1 is 1.00 bits per heavy atom. The molecule has 1 saturated heterocycles. The van der Waals surface area contributed by atoms with E-state index in [-0.39, 0.29) is 5.91 Å². The lowest BCUT2D eigenvalue weighted by atomic mass is 10.1. The third-order valence-electron chi connectivity index (χ3n) is 6.03. The summed E-state index contributed by atoms with van der Waals surface area (Å²) in [5.41, 5.74) is 4.88. The predicted molar refractivity (Wildman–Crippen MR) is 137 cm³/mol. The normalized spacial score (nSPS) is 14.8. The average molecular weight is 489 g/mol. The molecule has 5 rings (SSSR count). The third-order valence-corrected chi connectivity index (χ3v) is 6.80. The lowest BCUT2D eigenvalue weighted by Crippen LogP contribution is -2.48. The van der Waals surface area contributed by atoms with E-state index in [9.17, 15) is 4.79 Å². The van der Waals surface area contributed by atoms with Crippen molar-refractivity contribution in [1.29, 1.82) is 0 Å². The minimum atomic E-state index is -0.00954. The summed E-state index contributed by atoms with van der Waals surface area (Å²) in [5, 5.41) is 10.2. The number of anilines is 1. The summed E-state index contributed by atoms with van der Waals surface area (Å²) < 4.78 is 5.47. The first kappa shape index (κ1) is 23.3. The van der Waals surface area contributed by atoms with Gasteiger partial charge in [-0.1, -0.05) is 47.1 Å². The van der Waals surface area contributed by atoms with E-state index in [0.29, 0.717) is 24.8 Å². The van der Waals surface area contributed by atoms with Crippen molar-refractivity contribution in [3.05, 3.63) is 70.4 Å². The number of thiazole rings is 1. The van der Waals surface area contributed by atoms with Gasteiger partial charge in [0.2, 0.25) is 17.6 Å². The number of nitrogens with zero attached hydrogens (tertiary/aromatic N) is 5. The average Bonchev–Trinajstić information content (AvgIpc) is 3.50. The van der Waals surface area contributed by atoms with E-state index in [1.54, 1.807) is 11.3 Å². The van der Waals surface area contributed by atoms with E-state index in [0.717, 1.165) is 53.7 Å². The van der Waals surface area contributed by atoms with Crippen LogP contribution in [-0.2, 0) is 11.3 Å². The van der Waals surface area contributed by atoms with Gasteiger partial charge in [0.05, 0.1) is 23.8 Å². The Hall–Kier alpha value is -3.40. The van der Waals surface area contributed by atoms with E-state index in [4.69, 9.17) is 4.52 Å². The number of hydrogen-bond donors (Lipinski definition) is 1. The van der Waals surface area contributed by atoms with Crippen LogP contribution in [-0.4, -0.2) is 63.6 Å². The Balaban J connectivity index is 1.09. The molecule has 9 heteroatoms. The van der Waals surface area contributed by atoms with Crippen molar-refractivity contribution in [3.63, 3.8) is 0 Å². The molecule has 1 aliphatic rings. The number of rotatable bonds is 7. The topological polar surface area (TPSA) is 87.4 Å². The number of hydrogen-bond acceptors (Lipinski definition) is 8. The first-order valence-electron chi connectivity index (χ1n) is 11.7. The van der Waals surface area contributed by atoms with Crippen molar-refractivity contribution in [3.8, 4) is 22.6 Å². The van der Waals surface area contributed by atoms with Gasteiger partial charge in [-0.15, -0.1) is 11.3 Å². The molecule has 4 aromatic rings. The van der Waals surface area contributed by atoms with Crippen molar-refractivity contribution in [2.24, 2.45) is 0 Å². The molecule has 1 amide bonds. The zero-order valence-corrected chi connectivity index (χ0v) is 20.7. The van der Waals surface area contributed by atoms with Gasteiger partial charge in [0, 0.05) is 48.4 Å². The molecule has 3 heterocycles. The second kappa shape index (κ2) is 10.5. The van der Waals surface area contributed by atoms with Gasteiger partial charge in [-0.2, -0.15) is 4.98 Å². The SMILES string of the molecule is Cc1ccc(-c2noc(CN3CCN(CC(=O)Nc4cccc(-c5csc(C)n5)c4)CC3)n2)cc1. The van der Waals surface area contributed by atoms with Crippen LogP contribution in [0, 0.1) is 13.8 Å². The van der Waals surface area contributed by atoms with Gasteiger partial charge in [0.15, 0.2) is 0 Å². The molecule has 35 heavy (non-hydrogen) atoms. The van der Waals surface area contributed by atoms with Crippen LogP contribution in [0.5, 0.6) is 0 Å². The number of carbonyl (C=O) groups excluding carboxylic acids is 1. The fourth-order valence-corrected chi connectivity index (χ4v) is 4.71. The van der Waals surface area contributed by atoms with E-state index in [1.165, 1.54) is 5.56 Å². The number of piperazine rings is 1. The number of aryl methyl sites for hydroxylation is 2. The molecule has 0 spiro atoms. The molecule has 0 aliphatic carbocycles. The zero-order chi connectivity index (χ0) is 24.2. The molecule has 0 saturated carbocycles. The van der Waals surface area contributed by atoms with Crippen LogP contribution in [0.4, 0.5) is 5.69 Å². The minimum Gasteiger partial charge on any atom is -0.338 e. The van der Waals surface area contributed by atoms with Gasteiger partial charge in [-0.05, 0) is 26.0 Å². The summed E-state index contributed by atoms with van der Waals surface area (Å²) in [6.07, 6.45) is 0. The molecule has 2 aromatic carbocycles. The standard InChI is InChI=1S/C26H28N6O2S/c1-18-6-8-20(9-7-18)26-29-25(34-30-26)16-32-12-10-31(11-13-32)15-24(33)28-22-5-3-4-21(14-22)23-17-35-19(2)27-23/h3-9,14,17H,10-13,15-16H2,1-2H3,(H,28,33). The molecule has 180 valence electrons. The van der Waals surface area contributed by atoms with E-state index in [1.807, 2.05) is 60.8 Å². The number of amides is 1. The maximum atomic E-state index is 12.7. The Morgan fingerprint density at radius 2 is 1.77 bits per heavy atom. The first-order valence-corrected chi connectivity index (χ1v) is 12.6. The van der Waals surface area contributed by atoms with Gasteiger partial charge in [-0.3, -0.25) is 14.6 Å². The molecule has 1 N–H and O–H groups in total. The Bertz CT molecular complexity index is 1290. The fraction of sp³-hybridized carbons (Fsp3) is 0.308. The van der Waals surface area contributed by atoms with E-state index < -0.39 is 0 Å². The second-order valence-electron chi connectivity index (χ2n) is 8.81. The quantitative estimate of drug-likeness (QED) is 0.416. The summed E-state index contributed by atoms with van der Waals surface area (Å²) in [6.45, 7) is 8.33. The third kappa shape index (κ3) is 6.00. The summed E-state index contributed by atoms with van der Waals surface area (Å²) in [7, 11) is 0. The van der Waals surface area contributed by atoms with Gasteiger partial charge in [-0.25, -0.2) is 4.98 Å². The summed E-state index contributed by atoms with van der Waals surface area (Å²) in [5.74, 6) is 1.22. The van der Waals surface area contributed by atoms with Crippen molar-refractivity contribution in [2.45, 2.75) is 20.4 Å². The van der Waals surface area contributed by atoms with Crippen LogP contribution in [0.25, 0.3) is 22.6 Å². The molecule has 0 radical (unpaired) electrons. The molecule has 1 fully saturated rings. The smallest absolute Gasteiger partial charge is 0.241 e. The highest BCUT2D eigenvalue weighted by molar-refractivity contribution is 7.09. The summed E-state index contributed by atoms with van der Waals surface area (Å²) in [4.78, 5) is 26.2. The molecular weight excluding hydrogens is 460 g/mol. The molecule has 0 atom stereocenters. The number of benzene rings is 2. The first-order chi connectivity index (χ1) is 17.0. The summed E-state index contributed by atoms with van der Waals surface area (Å²) in [6, 6.07) is 15.9. The second-order valence-corrected chi connectivity index (χ2v) is 9.87. The number of carbonyl (C=O) groups is 1. The number of nitrogens with one attached hydrogen (secondary N) is 1. The van der Waals surface area contributed by atoms with Crippen LogP contribution >= 0.6 is 11.3 Å². The van der Waals surface area contributed by atoms with E-state index in [2.05, 4.69) is 37.2 Å². The Labute approximate surface area is 208 Å². The van der Waals surface area contributed by atoms with Crippen LogP contribution in [0.15, 0.2) is 58.4 Å². The maximum Gasteiger partial charge on any atom is 0.241 e. The minimum absolute atomic E-state index is 0.00954. The lowest BCUT2D eigenvalue weighted by Gasteiger charge is -2.33. The Morgan fingerprint density at radius 3 is 2.51 bits per heavy atom. The van der Waals surface area contributed by atoms with Crippen molar-refractivity contribution >= 4 is 22.9 Å². The van der Waals surface area contributed by atoms with Crippen molar-refractivity contribution < 1.29 is 9.32 Å². The fourth-order valence-electron chi connectivity index (χ4n) is 4.09. The molecule has 8 nitrogen and oxygen atoms in total. The molecule has 0 unspecified atom stereocenters.